The molecule has 0 fully saturated rings. The zero-order chi connectivity index (χ0) is 20.8. The van der Waals surface area contributed by atoms with Crippen molar-refractivity contribution in [1.82, 2.24) is 4.57 Å². The fourth-order valence-corrected chi connectivity index (χ4v) is 4.60. The van der Waals surface area contributed by atoms with Gasteiger partial charge in [-0.05, 0) is 49.1 Å². The molecule has 0 radical (unpaired) electrons. The van der Waals surface area contributed by atoms with Crippen molar-refractivity contribution in [3.63, 3.8) is 0 Å². The average molecular weight is 401 g/mol. The van der Waals surface area contributed by atoms with Crippen LogP contribution in [0.3, 0.4) is 0 Å². The first-order valence-corrected chi connectivity index (χ1v) is 10.2. The summed E-state index contributed by atoms with van der Waals surface area (Å²) in [4.78, 5) is 27.8. The van der Waals surface area contributed by atoms with Crippen molar-refractivity contribution in [2.24, 2.45) is 11.7 Å². The predicted octanol–water partition coefficient (Wildman–Crippen LogP) is 3.13. The number of carbonyl (C=O) groups is 2. The van der Waals surface area contributed by atoms with Crippen molar-refractivity contribution in [2.75, 3.05) is 18.6 Å². The Balaban J connectivity index is 1.61. The van der Waals surface area contributed by atoms with Crippen LogP contribution in [0.5, 0.6) is 5.75 Å². The quantitative estimate of drug-likeness (QED) is 0.682. The summed E-state index contributed by atoms with van der Waals surface area (Å²) >= 11 is 0. The predicted molar refractivity (Wildman–Crippen MR) is 116 cm³/mol. The molecule has 152 valence electrons. The van der Waals surface area contributed by atoms with Gasteiger partial charge in [0, 0.05) is 23.7 Å². The van der Waals surface area contributed by atoms with Crippen LogP contribution in [-0.4, -0.2) is 30.0 Å². The first-order chi connectivity index (χ1) is 14.6. The summed E-state index contributed by atoms with van der Waals surface area (Å²) in [6, 6.07) is 15.2. The van der Waals surface area contributed by atoms with Crippen LogP contribution < -0.4 is 15.4 Å². The van der Waals surface area contributed by atoms with Gasteiger partial charge in [-0.2, -0.15) is 0 Å². The van der Waals surface area contributed by atoms with E-state index in [1.807, 2.05) is 24.3 Å². The fraction of sp³-hybridized carbons (Fsp3) is 0.250. The van der Waals surface area contributed by atoms with Gasteiger partial charge in [-0.3, -0.25) is 9.59 Å². The molecule has 0 bridgehead atoms. The molecule has 30 heavy (non-hydrogen) atoms. The molecule has 0 saturated heterocycles. The Kier molecular flexibility index (Phi) is 4.44. The van der Waals surface area contributed by atoms with Gasteiger partial charge >= 0.3 is 0 Å². The number of ether oxygens (including phenoxy) is 1. The third-order valence-electron chi connectivity index (χ3n) is 6.17. The minimum Gasteiger partial charge on any atom is -0.497 e. The van der Waals surface area contributed by atoms with Crippen LogP contribution in [-0.2, 0) is 22.6 Å². The van der Waals surface area contributed by atoms with Crippen LogP contribution in [0.1, 0.15) is 17.7 Å². The maximum absolute atomic E-state index is 13.4. The second-order valence-corrected chi connectivity index (χ2v) is 7.82. The maximum Gasteiger partial charge on any atom is 0.266 e. The van der Waals surface area contributed by atoms with E-state index in [2.05, 4.69) is 4.57 Å². The second kappa shape index (κ2) is 7.15. The van der Waals surface area contributed by atoms with E-state index in [1.165, 1.54) is 11.0 Å². The van der Waals surface area contributed by atoms with Gasteiger partial charge in [0.25, 0.3) is 11.8 Å². The number of imide groups is 1. The van der Waals surface area contributed by atoms with Crippen LogP contribution in [0.15, 0.2) is 54.6 Å². The molecule has 1 aromatic heterocycles. The van der Waals surface area contributed by atoms with Gasteiger partial charge < -0.3 is 15.0 Å². The number of nitrogens with two attached hydrogens (primary N) is 1. The van der Waals surface area contributed by atoms with E-state index in [-0.39, 0.29) is 11.8 Å². The minimum absolute atomic E-state index is 0.292. The van der Waals surface area contributed by atoms with Crippen molar-refractivity contribution in [1.29, 1.82) is 0 Å². The number of benzene rings is 2. The summed E-state index contributed by atoms with van der Waals surface area (Å²) in [7, 11) is 1.59. The van der Waals surface area contributed by atoms with Crippen LogP contribution in [0.4, 0.5) is 5.69 Å². The lowest BCUT2D eigenvalue weighted by molar-refractivity contribution is -0.119. The van der Waals surface area contributed by atoms with Gasteiger partial charge in [0.05, 0.1) is 23.9 Å². The molecular formula is C24H23N3O3. The minimum atomic E-state index is -0.306. The van der Waals surface area contributed by atoms with E-state index in [1.54, 1.807) is 31.4 Å². The summed E-state index contributed by atoms with van der Waals surface area (Å²) < 4.78 is 7.44. The number of anilines is 1. The van der Waals surface area contributed by atoms with E-state index in [0.29, 0.717) is 35.0 Å². The standard InChI is InChI=1S/C24H23N3O3/c1-30-17-8-6-16(7-9-17)19-13-22(28)27(24(19)29)23-18-4-2-3-5-20(18)26-11-10-15(14-25)12-21(23)26/h2-9,13,15H,10-12,14,25H2,1H3. The number of rotatable bonds is 4. The average Bonchev–Trinajstić information content (AvgIpc) is 3.26. The largest absolute Gasteiger partial charge is 0.497 e. The number of para-hydroxylation sites is 1. The molecule has 5 rings (SSSR count). The Morgan fingerprint density at radius 3 is 2.60 bits per heavy atom. The third-order valence-corrected chi connectivity index (χ3v) is 6.17. The molecule has 2 amide bonds. The van der Waals surface area contributed by atoms with Gasteiger partial charge in [-0.15, -0.1) is 0 Å². The zero-order valence-electron chi connectivity index (χ0n) is 16.8. The molecule has 6 nitrogen and oxygen atoms in total. The number of hydrogen-bond donors (Lipinski definition) is 1. The fourth-order valence-electron chi connectivity index (χ4n) is 4.60. The van der Waals surface area contributed by atoms with E-state index in [4.69, 9.17) is 10.5 Å². The summed E-state index contributed by atoms with van der Waals surface area (Å²) in [6.07, 6.45) is 3.19. The number of hydrogen-bond acceptors (Lipinski definition) is 4. The topological polar surface area (TPSA) is 77.6 Å². The smallest absolute Gasteiger partial charge is 0.266 e. The van der Waals surface area contributed by atoms with E-state index in [9.17, 15) is 9.59 Å². The second-order valence-electron chi connectivity index (χ2n) is 7.82. The van der Waals surface area contributed by atoms with Gasteiger partial charge in [0.2, 0.25) is 0 Å². The SMILES string of the molecule is COc1ccc(C2=CC(=O)N(c3c4n(c5ccccc35)CCC(CN)C4)C2=O)cc1. The first-order valence-electron chi connectivity index (χ1n) is 10.2. The first kappa shape index (κ1) is 18.6. The van der Waals surface area contributed by atoms with Crippen LogP contribution in [0.25, 0.3) is 16.5 Å². The number of carbonyl (C=O) groups excluding carboxylic acids is 2. The molecule has 2 aliphatic rings. The Morgan fingerprint density at radius 1 is 1.10 bits per heavy atom. The lowest BCUT2D eigenvalue weighted by Crippen LogP contribution is -2.33. The highest BCUT2D eigenvalue weighted by atomic mass is 16.5. The highest BCUT2D eigenvalue weighted by Crippen LogP contribution is 2.41. The molecule has 1 unspecified atom stereocenters. The number of methoxy groups -OCH3 is 1. The lowest BCUT2D eigenvalue weighted by atomic mass is 9.95. The molecule has 0 aliphatic carbocycles. The molecule has 2 aromatic carbocycles. The normalized spacial score (nSPS) is 18.7. The van der Waals surface area contributed by atoms with Crippen LogP contribution >= 0.6 is 0 Å². The molecule has 2 N–H and O–H groups in total. The summed E-state index contributed by atoms with van der Waals surface area (Å²) in [5.74, 6) is 0.453. The Hall–Kier alpha value is -3.38. The van der Waals surface area contributed by atoms with Gasteiger partial charge in [-0.1, -0.05) is 30.3 Å². The number of amides is 2. The number of aromatic nitrogens is 1. The summed E-state index contributed by atoms with van der Waals surface area (Å²) in [5, 5.41) is 0.927. The molecular weight excluding hydrogens is 378 g/mol. The maximum atomic E-state index is 13.4. The van der Waals surface area contributed by atoms with E-state index >= 15 is 0 Å². The highest BCUT2D eigenvalue weighted by Gasteiger charge is 2.38. The molecule has 6 heteroatoms. The van der Waals surface area contributed by atoms with Gasteiger partial charge in [0.15, 0.2) is 0 Å². The molecule has 3 heterocycles. The highest BCUT2D eigenvalue weighted by molar-refractivity contribution is 6.44. The summed E-state index contributed by atoms with van der Waals surface area (Å²) in [6.45, 7) is 1.44. The third kappa shape index (κ3) is 2.75. The van der Waals surface area contributed by atoms with Crippen LogP contribution in [0, 0.1) is 5.92 Å². The molecule has 2 aliphatic heterocycles. The van der Waals surface area contributed by atoms with E-state index in [0.717, 1.165) is 36.0 Å². The molecule has 1 atom stereocenters. The monoisotopic (exact) mass is 401 g/mol. The van der Waals surface area contributed by atoms with Crippen molar-refractivity contribution in [3.8, 4) is 5.75 Å². The van der Waals surface area contributed by atoms with Crippen molar-refractivity contribution < 1.29 is 14.3 Å². The van der Waals surface area contributed by atoms with Gasteiger partial charge in [0.1, 0.15) is 5.75 Å². The number of nitrogens with zero attached hydrogens (tertiary/aromatic N) is 2. The Bertz CT molecular complexity index is 1190. The van der Waals surface area contributed by atoms with Crippen LogP contribution in [0.2, 0.25) is 0 Å². The molecule has 3 aromatic rings. The van der Waals surface area contributed by atoms with Crippen molar-refractivity contribution in [3.05, 3.63) is 65.9 Å². The van der Waals surface area contributed by atoms with E-state index < -0.39 is 0 Å². The molecule has 0 spiro atoms. The molecule has 0 saturated carbocycles. The summed E-state index contributed by atoms with van der Waals surface area (Å²) in [5.41, 5.74) is 9.84. The zero-order valence-corrected chi connectivity index (χ0v) is 16.8. The number of aryl methyl sites for hydroxylation is 1. The van der Waals surface area contributed by atoms with Crippen molar-refractivity contribution >= 4 is 34.0 Å². The van der Waals surface area contributed by atoms with Gasteiger partial charge in [-0.25, -0.2) is 4.90 Å². The lowest BCUT2D eigenvalue weighted by Gasteiger charge is -2.26. The van der Waals surface area contributed by atoms with Crippen molar-refractivity contribution in [2.45, 2.75) is 19.4 Å². The Morgan fingerprint density at radius 2 is 1.87 bits per heavy atom. The Labute approximate surface area is 174 Å². The number of fused-ring (bicyclic) bond motifs is 3.